The summed E-state index contributed by atoms with van der Waals surface area (Å²) in [7, 11) is 3.05. The van der Waals surface area contributed by atoms with Crippen molar-refractivity contribution in [3.05, 3.63) is 40.3 Å². The van der Waals surface area contributed by atoms with Gasteiger partial charge < -0.3 is 14.6 Å². The normalized spacial score (nSPS) is 10.7. The van der Waals surface area contributed by atoms with Crippen LogP contribution in [0.5, 0.6) is 11.5 Å². The van der Waals surface area contributed by atoms with Crippen LogP contribution < -0.4 is 15.0 Å². The van der Waals surface area contributed by atoms with Crippen LogP contribution in [-0.2, 0) is 0 Å². The van der Waals surface area contributed by atoms with Gasteiger partial charge in [-0.2, -0.15) is 9.61 Å². The highest BCUT2D eigenvalue weighted by Crippen LogP contribution is 2.33. The lowest BCUT2D eigenvalue weighted by Gasteiger charge is -2.07. The summed E-state index contributed by atoms with van der Waals surface area (Å²) in [4.78, 5) is 27.0. The fourth-order valence-electron chi connectivity index (χ4n) is 2.01. The van der Waals surface area contributed by atoms with Gasteiger partial charge in [0.2, 0.25) is 4.96 Å². The monoisotopic (exact) mass is 333 g/mol. The number of hydrogen-bond acceptors (Lipinski definition) is 7. The van der Waals surface area contributed by atoms with Crippen molar-refractivity contribution in [3.63, 3.8) is 0 Å². The van der Waals surface area contributed by atoms with Gasteiger partial charge in [-0.1, -0.05) is 11.3 Å². The van der Waals surface area contributed by atoms with E-state index in [0.29, 0.717) is 22.1 Å². The molecule has 0 saturated heterocycles. The quantitative estimate of drug-likeness (QED) is 0.772. The predicted octanol–water partition coefficient (Wildman–Crippen LogP) is 1.53. The number of aromatic carboxylic acids is 1. The Bertz CT molecular complexity index is 963. The number of carboxylic acids is 1. The second-order valence-corrected chi connectivity index (χ2v) is 5.41. The van der Waals surface area contributed by atoms with E-state index in [1.807, 2.05) is 0 Å². The van der Waals surface area contributed by atoms with Crippen LogP contribution in [0.1, 0.15) is 10.5 Å². The largest absolute Gasteiger partial charge is 0.493 e. The van der Waals surface area contributed by atoms with Crippen molar-refractivity contribution in [2.45, 2.75) is 0 Å². The number of aromatic nitrogens is 3. The summed E-state index contributed by atoms with van der Waals surface area (Å²) < 4.78 is 11.5. The Morgan fingerprint density at radius 1 is 1.22 bits per heavy atom. The third-order valence-corrected chi connectivity index (χ3v) is 4.05. The number of fused-ring (bicyclic) bond motifs is 1. The fourth-order valence-corrected chi connectivity index (χ4v) is 2.91. The average molecular weight is 333 g/mol. The second kappa shape index (κ2) is 5.69. The summed E-state index contributed by atoms with van der Waals surface area (Å²) in [6.45, 7) is 0. The Morgan fingerprint density at radius 3 is 2.61 bits per heavy atom. The number of ether oxygens (including phenoxy) is 2. The van der Waals surface area contributed by atoms with Crippen LogP contribution in [-0.4, -0.2) is 39.9 Å². The van der Waals surface area contributed by atoms with Crippen molar-refractivity contribution in [1.29, 1.82) is 0 Å². The molecule has 0 fully saturated rings. The lowest BCUT2D eigenvalue weighted by Crippen LogP contribution is -2.17. The minimum Gasteiger partial charge on any atom is -0.493 e. The zero-order valence-corrected chi connectivity index (χ0v) is 13.0. The summed E-state index contributed by atoms with van der Waals surface area (Å²) in [5.74, 6) is -0.165. The van der Waals surface area contributed by atoms with Crippen molar-refractivity contribution in [1.82, 2.24) is 14.6 Å². The fraction of sp³-hybridized carbons (Fsp3) is 0.143. The molecule has 0 saturated carbocycles. The van der Waals surface area contributed by atoms with Crippen LogP contribution >= 0.6 is 11.3 Å². The standard InChI is InChI=1S/C14H11N3O5S/c1-21-9-4-3-7(5-10(9)22-2)12-16-17-11(18)6-8(13(19)20)15-14(17)23-12/h3-6H,1-2H3,(H,19,20). The van der Waals surface area contributed by atoms with Gasteiger partial charge in [0.1, 0.15) is 5.01 Å². The molecule has 0 radical (unpaired) electrons. The summed E-state index contributed by atoms with van der Waals surface area (Å²) in [5, 5.41) is 13.7. The Kier molecular flexibility index (Phi) is 3.70. The van der Waals surface area contributed by atoms with Crippen LogP contribution in [0.15, 0.2) is 29.1 Å². The molecule has 0 atom stereocenters. The van der Waals surface area contributed by atoms with Gasteiger partial charge in [-0.25, -0.2) is 9.78 Å². The number of methoxy groups -OCH3 is 2. The van der Waals surface area contributed by atoms with Gasteiger partial charge in [0, 0.05) is 11.6 Å². The first-order valence-electron chi connectivity index (χ1n) is 6.40. The highest BCUT2D eigenvalue weighted by Gasteiger charge is 2.15. The SMILES string of the molecule is COc1ccc(-c2nn3c(=O)cc(C(=O)O)nc3s2)cc1OC. The van der Waals surface area contributed by atoms with Crippen molar-refractivity contribution in [2.24, 2.45) is 0 Å². The van der Waals surface area contributed by atoms with Crippen molar-refractivity contribution < 1.29 is 19.4 Å². The van der Waals surface area contributed by atoms with Gasteiger partial charge in [-0.3, -0.25) is 4.79 Å². The first kappa shape index (κ1) is 15.0. The molecule has 0 bridgehead atoms. The molecular formula is C14H11N3O5S. The Balaban J connectivity index is 2.16. The van der Waals surface area contributed by atoms with Gasteiger partial charge in [-0.05, 0) is 18.2 Å². The molecule has 23 heavy (non-hydrogen) atoms. The lowest BCUT2D eigenvalue weighted by atomic mass is 10.2. The smallest absolute Gasteiger partial charge is 0.354 e. The van der Waals surface area contributed by atoms with Crippen molar-refractivity contribution in [2.75, 3.05) is 14.2 Å². The second-order valence-electron chi connectivity index (χ2n) is 4.46. The average Bonchev–Trinajstić information content (AvgIpc) is 2.98. The maximum Gasteiger partial charge on any atom is 0.354 e. The van der Waals surface area contributed by atoms with Crippen LogP contribution in [0, 0.1) is 0 Å². The van der Waals surface area contributed by atoms with E-state index < -0.39 is 11.5 Å². The Hall–Kier alpha value is -2.94. The molecule has 0 aliphatic rings. The molecule has 8 nitrogen and oxygen atoms in total. The number of nitrogens with zero attached hydrogens (tertiary/aromatic N) is 3. The molecule has 0 amide bonds. The van der Waals surface area contributed by atoms with E-state index in [4.69, 9.17) is 14.6 Å². The zero-order chi connectivity index (χ0) is 16.6. The Morgan fingerprint density at radius 2 is 1.96 bits per heavy atom. The molecule has 118 valence electrons. The van der Waals surface area contributed by atoms with Gasteiger partial charge in [0.25, 0.3) is 5.56 Å². The molecule has 0 aliphatic heterocycles. The highest BCUT2D eigenvalue weighted by atomic mass is 32.1. The molecule has 1 aromatic carbocycles. The van der Waals surface area contributed by atoms with Crippen LogP contribution in [0.4, 0.5) is 0 Å². The summed E-state index contributed by atoms with van der Waals surface area (Å²) in [6.07, 6.45) is 0. The number of benzene rings is 1. The number of carboxylic acid groups (broad SMARTS) is 1. The highest BCUT2D eigenvalue weighted by molar-refractivity contribution is 7.19. The van der Waals surface area contributed by atoms with Gasteiger partial charge >= 0.3 is 5.97 Å². The molecule has 2 aromatic heterocycles. The van der Waals surface area contributed by atoms with Crippen LogP contribution in [0.2, 0.25) is 0 Å². The number of carbonyl (C=O) groups is 1. The summed E-state index contributed by atoms with van der Waals surface area (Å²) in [5.41, 5.74) is -0.151. The molecule has 0 aliphatic carbocycles. The molecule has 1 N–H and O–H groups in total. The zero-order valence-electron chi connectivity index (χ0n) is 12.1. The molecule has 0 spiro atoms. The van der Waals surface area contributed by atoms with E-state index >= 15 is 0 Å². The number of rotatable bonds is 4. The molecule has 9 heteroatoms. The molecular weight excluding hydrogens is 322 g/mol. The molecule has 3 rings (SSSR count). The van der Waals surface area contributed by atoms with E-state index in [-0.39, 0.29) is 10.7 Å². The lowest BCUT2D eigenvalue weighted by molar-refractivity contribution is 0.0690. The topological polar surface area (TPSA) is 103 Å². The van der Waals surface area contributed by atoms with Crippen LogP contribution in [0.3, 0.4) is 0 Å². The maximum atomic E-state index is 11.9. The van der Waals surface area contributed by atoms with Crippen molar-refractivity contribution in [3.8, 4) is 22.1 Å². The summed E-state index contributed by atoms with van der Waals surface area (Å²) >= 11 is 1.11. The van der Waals surface area contributed by atoms with Crippen LogP contribution in [0.25, 0.3) is 15.5 Å². The first-order valence-corrected chi connectivity index (χ1v) is 7.21. The molecule has 2 heterocycles. The van der Waals surface area contributed by atoms with E-state index in [9.17, 15) is 9.59 Å². The van der Waals surface area contributed by atoms with Gasteiger partial charge in [0.15, 0.2) is 17.2 Å². The summed E-state index contributed by atoms with van der Waals surface area (Å²) in [6, 6.07) is 6.15. The van der Waals surface area contributed by atoms with E-state index in [2.05, 4.69) is 10.1 Å². The minimum atomic E-state index is -1.26. The van der Waals surface area contributed by atoms with Gasteiger partial charge in [0.05, 0.1) is 14.2 Å². The van der Waals surface area contributed by atoms with E-state index in [1.54, 1.807) is 18.2 Å². The van der Waals surface area contributed by atoms with Crippen molar-refractivity contribution >= 4 is 22.3 Å². The third kappa shape index (κ3) is 2.61. The predicted molar refractivity (Wildman–Crippen MR) is 82.6 cm³/mol. The molecule has 3 aromatic rings. The Labute approximate surface area is 133 Å². The number of hydrogen-bond donors (Lipinski definition) is 1. The van der Waals surface area contributed by atoms with E-state index in [1.165, 1.54) is 14.2 Å². The van der Waals surface area contributed by atoms with Gasteiger partial charge in [-0.15, -0.1) is 0 Å². The third-order valence-electron chi connectivity index (χ3n) is 3.09. The maximum absolute atomic E-state index is 11.9. The van der Waals surface area contributed by atoms with E-state index in [0.717, 1.165) is 21.9 Å². The molecule has 0 unspecified atom stereocenters. The minimum absolute atomic E-state index is 0.208. The first-order chi connectivity index (χ1) is 11.0.